The number of fused-ring (bicyclic) bond motifs is 1. The van der Waals surface area contributed by atoms with Crippen molar-refractivity contribution in [1.29, 1.82) is 0 Å². The predicted octanol–water partition coefficient (Wildman–Crippen LogP) is -0.171. The summed E-state index contributed by atoms with van der Waals surface area (Å²) >= 11 is 4.96. The maximum atomic E-state index is 10.7. The number of nitrogens with zero attached hydrogens (tertiary/aromatic N) is 3. The number of phosphoric acid groups is 1. The molecule has 3 heterocycles. The number of aliphatic hydroxyl groups excluding tert-OH is 1. The number of hydrogen-bond donors (Lipinski definition) is 5. The van der Waals surface area contributed by atoms with Crippen LogP contribution in [0, 0.1) is 4.77 Å². The second kappa shape index (κ2) is 5.91. The molecule has 1 fully saturated rings. The number of hydrogen-bond acceptors (Lipinski definition) is 8. The SMILES string of the molecule is Nc1[nH]c(=S)nc2c1ncn2[C@@H]1O[C@H](COP(=O)(O)O)C[C@@H]1O. The molecule has 11 nitrogen and oxygen atoms in total. The molecule has 1 saturated heterocycles. The largest absolute Gasteiger partial charge is 0.469 e. The second-order valence-corrected chi connectivity index (χ2v) is 6.64. The third kappa shape index (κ3) is 3.43. The maximum Gasteiger partial charge on any atom is 0.469 e. The highest BCUT2D eigenvalue weighted by molar-refractivity contribution is 7.71. The van der Waals surface area contributed by atoms with Gasteiger partial charge in [0.2, 0.25) is 0 Å². The summed E-state index contributed by atoms with van der Waals surface area (Å²) in [7, 11) is -4.60. The number of aromatic amines is 1. The smallest absolute Gasteiger partial charge is 0.388 e. The lowest BCUT2D eigenvalue weighted by Gasteiger charge is -2.17. The van der Waals surface area contributed by atoms with Crippen molar-refractivity contribution in [1.82, 2.24) is 19.5 Å². The first-order valence-electron chi connectivity index (χ1n) is 6.50. The highest BCUT2D eigenvalue weighted by Crippen LogP contribution is 2.38. The predicted molar refractivity (Wildman–Crippen MR) is 79.7 cm³/mol. The number of H-pyrrole nitrogens is 1. The van der Waals surface area contributed by atoms with E-state index in [2.05, 4.69) is 19.5 Å². The van der Waals surface area contributed by atoms with Crippen molar-refractivity contribution >= 4 is 37.0 Å². The van der Waals surface area contributed by atoms with Gasteiger partial charge in [0.05, 0.1) is 19.0 Å². The van der Waals surface area contributed by atoms with Gasteiger partial charge >= 0.3 is 7.82 Å². The Bertz CT molecular complexity index is 833. The first kappa shape index (κ1) is 16.5. The fourth-order valence-electron chi connectivity index (χ4n) is 2.41. The van der Waals surface area contributed by atoms with Gasteiger partial charge in [-0.1, -0.05) is 0 Å². The summed E-state index contributed by atoms with van der Waals surface area (Å²) in [6.07, 6.45) is -0.917. The van der Waals surface area contributed by atoms with Gasteiger partial charge in [0.15, 0.2) is 16.6 Å². The van der Waals surface area contributed by atoms with E-state index in [9.17, 15) is 9.67 Å². The van der Waals surface area contributed by atoms with Crippen LogP contribution < -0.4 is 5.73 Å². The van der Waals surface area contributed by atoms with Gasteiger partial charge in [-0.25, -0.2) is 9.55 Å². The Balaban J connectivity index is 1.85. The lowest BCUT2D eigenvalue weighted by Crippen LogP contribution is -2.19. The molecule has 0 aromatic carbocycles. The van der Waals surface area contributed by atoms with E-state index in [0.717, 1.165) is 0 Å². The van der Waals surface area contributed by atoms with E-state index in [0.29, 0.717) is 11.2 Å². The Morgan fingerprint density at radius 3 is 3.04 bits per heavy atom. The summed E-state index contributed by atoms with van der Waals surface area (Å²) in [4.78, 5) is 28.3. The highest BCUT2D eigenvalue weighted by atomic mass is 32.1. The van der Waals surface area contributed by atoms with Crippen molar-refractivity contribution in [2.75, 3.05) is 12.3 Å². The Hall–Kier alpha value is -1.40. The Kier molecular flexibility index (Phi) is 4.23. The van der Waals surface area contributed by atoms with Crippen LogP contribution in [0.15, 0.2) is 6.33 Å². The minimum atomic E-state index is -4.60. The number of nitrogens with two attached hydrogens (primary N) is 1. The summed E-state index contributed by atoms with van der Waals surface area (Å²) < 4.78 is 22.3. The molecule has 1 aliphatic heterocycles. The van der Waals surface area contributed by atoms with Crippen molar-refractivity contribution in [2.24, 2.45) is 0 Å². The van der Waals surface area contributed by atoms with E-state index in [1.165, 1.54) is 10.9 Å². The van der Waals surface area contributed by atoms with E-state index in [1.807, 2.05) is 0 Å². The number of anilines is 1. The summed E-state index contributed by atoms with van der Waals surface area (Å²) in [6, 6.07) is 0. The number of ether oxygens (including phenoxy) is 1. The molecule has 0 aliphatic carbocycles. The average Bonchev–Trinajstić information content (AvgIpc) is 2.99. The number of rotatable bonds is 4. The topological polar surface area (TPSA) is 169 Å². The van der Waals surface area contributed by atoms with Gasteiger partial charge < -0.3 is 30.3 Å². The van der Waals surface area contributed by atoms with Crippen LogP contribution in [0.3, 0.4) is 0 Å². The van der Waals surface area contributed by atoms with Gasteiger partial charge in [-0.2, -0.15) is 4.98 Å². The molecule has 3 rings (SSSR count). The standard InChI is InChI=1S/C10H14N5O6PS/c11-7-6-8(14-10(23)13-7)15(3-12-6)9-5(16)1-4(21-9)2-20-22(17,18)19/h3-5,9,16H,1-2H2,(H2,17,18,19)(H3,11,13,14,23)/t4-,5-,9+/m0/s1. The van der Waals surface area contributed by atoms with Gasteiger partial charge in [0.25, 0.3) is 0 Å². The second-order valence-electron chi connectivity index (χ2n) is 5.02. The number of phosphoric ester groups is 1. The van der Waals surface area contributed by atoms with Crippen LogP contribution in [0.25, 0.3) is 11.2 Å². The molecule has 2 aromatic heterocycles. The zero-order valence-electron chi connectivity index (χ0n) is 11.6. The Morgan fingerprint density at radius 2 is 2.35 bits per heavy atom. The van der Waals surface area contributed by atoms with Crippen molar-refractivity contribution in [3.8, 4) is 0 Å². The highest BCUT2D eigenvalue weighted by Gasteiger charge is 2.37. The molecular weight excluding hydrogens is 349 g/mol. The first-order valence-corrected chi connectivity index (χ1v) is 8.44. The van der Waals surface area contributed by atoms with Gasteiger partial charge in [-0.05, 0) is 12.2 Å². The Labute approximate surface area is 134 Å². The number of aromatic nitrogens is 4. The van der Waals surface area contributed by atoms with Crippen LogP contribution in [-0.2, 0) is 13.8 Å². The van der Waals surface area contributed by atoms with Crippen LogP contribution in [0.1, 0.15) is 12.6 Å². The summed E-state index contributed by atoms with van der Waals surface area (Å²) in [5, 5.41) is 10.1. The van der Waals surface area contributed by atoms with E-state index in [4.69, 9.17) is 32.5 Å². The molecule has 3 atom stereocenters. The van der Waals surface area contributed by atoms with Crippen molar-refractivity contribution in [2.45, 2.75) is 24.9 Å². The minimum absolute atomic E-state index is 0.138. The van der Waals surface area contributed by atoms with Crippen LogP contribution in [0.5, 0.6) is 0 Å². The summed E-state index contributed by atoms with van der Waals surface area (Å²) in [5.74, 6) is 0.243. The molecule has 0 bridgehead atoms. The van der Waals surface area contributed by atoms with Crippen LogP contribution in [-0.4, -0.2) is 53.2 Å². The summed E-state index contributed by atoms with van der Waals surface area (Å²) in [5.41, 5.74) is 6.50. The molecule has 0 saturated carbocycles. The molecule has 0 amide bonds. The molecule has 1 aliphatic rings. The minimum Gasteiger partial charge on any atom is -0.388 e. The van der Waals surface area contributed by atoms with Crippen molar-refractivity contribution < 1.29 is 28.7 Å². The van der Waals surface area contributed by atoms with Crippen LogP contribution >= 0.6 is 20.0 Å². The fraction of sp³-hybridized carbons (Fsp3) is 0.500. The van der Waals surface area contributed by atoms with Gasteiger partial charge in [0.1, 0.15) is 17.4 Å². The summed E-state index contributed by atoms with van der Waals surface area (Å²) in [6.45, 7) is -0.347. The van der Waals surface area contributed by atoms with E-state index < -0.39 is 26.3 Å². The molecule has 23 heavy (non-hydrogen) atoms. The third-order valence-electron chi connectivity index (χ3n) is 3.34. The fourth-order valence-corrected chi connectivity index (χ4v) is 2.96. The molecule has 0 radical (unpaired) electrons. The maximum absolute atomic E-state index is 10.7. The normalized spacial score (nSPS) is 25.3. The monoisotopic (exact) mass is 363 g/mol. The van der Waals surface area contributed by atoms with Crippen LogP contribution in [0.4, 0.5) is 5.82 Å². The molecule has 2 aromatic rings. The Morgan fingerprint density at radius 1 is 1.61 bits per heavy atom. The quantitative estimate of drug-likeness (QED) is 0.363. The van der Waals surface area contributed by atoms with E-state index in [-0.39, 0.29) is 23.6 Å². The average molecular weight is 363 g/mol. The number of imidazole rings is 1. The lowest BCUT2D eigenvalue weighted by atomic mass is 10.2. The molecule has 0 spiro atoms. The van der Waals surface area contributed by atoms with Gasteiger partial charge in [-0.15, -0.1) is 0 Å². The molecule has 13 heteroatoms. The molecule has 0 unspecified atom stereocenters. The number of nitrogens with one attached hydrogen (secondary N) is 1. The molecule has 6 N–H and O–H groups in total. The zero-order chi connectivity index (χ0) is 16.8. The number of aliphatic hydroxyl groups is 1. The van der Waals surface area contributed by atoms with Gasteiger partial charge in [0, 0.05) is 6.42 Å². The third-order valence-corrected chi connectivity index (χ3v) is 4.02. The molecular formula is C10H14N5O6PS. The van der Waals surface area contributed by atoms with Crippen LogP contribution in [0.2, 0.25) is 0 Å². The number of nitrogen functional groups attached to an aromatic ring is 1. The van der Waals surface area contributed by atoms with Crippen molar-refractivity contribution in [3.63, 3.8) is 0 Å². The lowest BCUT2D eigenvalue weighted by molar-refractivity contribution is -0.0481. The van der Waals surface area contributed by atoms with E-state index >= 15 is 0 Å². The van der Waals surface area contributed by atoms with Gasteiger partial charge in [-0.3, -0.25) is 9.09 Å². The van der Waals surface area contributed by atoms with E-state index in [1.54, 1.807) is 0 Å². The first-order chi connectivity index (χ1) is 10.7. The zero-order valence-corrected chi connectivity index (χ0v) is 13.3. The molecule has 126 valence electrons. The van der Waals surface area contributed by atoms with Crippen molar-refractivity contribution in [3.05, 3.63) is 11.1 Å².